The quantitative estimate of drug-likeness (QED) is 0.772. The average molecular weight is 235 g/mol. The zero-order valence-electron chi connectivity index (χ0n) is 8.72. The van der Waals surface area contributed by atoms with Crippen LogP contribution in [0.25, 0.3) is 0 Å². The van der Waals surface area contributed by atoms with Crippen LogP contribution in [-0.2, 0) is 6.18 Å². The number of pyridine rings is 1. The van der Waals surface area contributed by atoms with E-state index in [2.05, 4.69) is 4.98 Å². The van der Waals surface area contributed by atoms with Gasteiger partial charge >= 0.3 is 6.18 Å². The predicted molar refractivity (Wildman–Crippen MR) is 55.9 cm³/mol. The van der Waals surface area contributed by atoms with E-state index in [0.717, 1.165) is 5.56 Å². The van der Waals surface area contributed by atoms with Gasteiger partial charge in [0.15, 0.2) is 0 Å². The molecule has 0 spiro atoms. The van der Waals surface area contributed by atoms with E-state index >= 15 is 0 Å². The molecule has 5 heteroatoms. The maximum absolute atomic E-state index is 12.4. The summed E-state index contributed by atoms with van der Waals surface area (Å²) in [5.41, 5.74) is 0.216. The molecule has 0 aliphatic carbocycles. The first-order chi connectivity index (χ1) is 6.86. The van der Waals surface area contributed by atoms with E-state index in [0.29, 0.717) is 0 Å². The summed E-state index contributed by atoms with van der Waals surface area (Å²) in [6.45, 7) is 3.38. The lowest BCUT2D eigenvalue weighted by molar-refractivity contribution is -0.141. The highest BCUT2D eigenvalue weighted by Gasteiger charge is 2.34. The Labute approximate surface area is 91.1 Å². The highest BCUT2D eigenvalue weighted by atomic mass is 32.2. The zero-order valence-corrected chi connectivity index (χ0v) is 9.54. The van der Waals surface area contributed by atoms with Gasteiger partial charge in [-0.25, -0.2) is 0 Å². The van der Waals surface area contributed by atoms with E-state index in [-0.39, 0.29) is 10.8 Å². The van der Waals surface area contributed by atoms with Crippen LogP contribution < -0.4 is 0 Å². The zero-order chi connectivity index (χ0) is 11.6. The second-order valence-electron chi connectivity index (χ2n) is 3.31. The Bertz CT molecular complexity index is 349. The Morgan fingerprint density at radius 3 is 2.40 bits per heavy atom. The summed E-state index contributed by atoms with van der Waals surface area (Å²) in [7, 11) is 0. The average Bonchev–Trinajstić information content (AvgIpc) is 2.14. The van der Waals surface area contributed by atoms with Gasteiger partial charge in [-0.05, 0) is 31.2 Å². The van der Waals surface area contributed by atoms with Gasteiger partial charge in [-0.3, -0.25) is 4.98 Å². The number of hydrogen-bond acceptors (Lipinski definition) is 2. The number of alkyl halides is 3. The van der Waals surface area contributed by atoms with Crippen LogP contribution in [0.5, 0.6) is 0 Å². The van der Waals surface area contributed by atoms with Crippen molar-refractivity contribution in [1.29, 1.82) is 0 Å². The van der Waals surface area contributed by atoms with Gasteiger partial charge in [0.1, 0.15) is 5.69 Å². The molecule has 1 aromatic rings. The van der Waals surface area contributed by atoms with Crippen molar-refractivity contribution in [3.05, 3.63) is 29.1 Å². The molecule has 1 atom stereocenters. The van der Waals surface area contributed by atoms with Crippen molar-refractivity contribution in [2.75, 3.05) is 6.26 Å². The summed E-state index contributed by atoms with van der Waals surface area (Å²) in [6, 6.07) is 1.55. The molecule has 1 rings (SSSR count). The van der Waals surface area contributed by atoms with Crippen LogP contribution in [0.2, 0.25) is 0 Å². The van der Waals surface area contributed by atoms with Crippen molar-refractivity contribution in [2.24, 2.45) is 0 Å². The summed E-state index contributed by atoms with van der Waals surface area (Å²) >= 11 is 1.58. The van der Waals surface area contributed by atoms with Crippen LogP contribution in [0.1, 0.15) is 29.0 Å². The van der Waals surface area contributed by atoms with E-state index in [1.54, 1.807) is 17.8 Å². The molecule has 0 aliphatic rings. The first-order valence-electron chi connectivity index (χ1n) is 4.42. The fourth-order valence-corrected chi connectivity index (χ4v) is 1.65. The van der Waals surface area contributed by atoms with Crippen molar-refractivity contribution in [2.45, 2.75) is 25.3 Å². The number of aromatic nitrogens is 1. The molecular formula is C10H12F3NS. The van der Waals surface area contributed by atoms with Crippen molar-refractivity contribution >= 4 is 11.8 Å². The molecule has 1 unspecified atom stereocenters. The molecular weight excluding hydrogens is 223 g/mol. The third-order valence-electron chi connectivity index (χ3n) is 2.19. The normalized spacial score (nSPS) is 14.0. The van der Waals surface area contributed by atoms with Crippen molar-refractivity contribution < 1.29 is 13.2 Å². The molecule has 0 amide bonds. The SMILES string of the molecule is CSC(C)c1cnc(C(F)(F)F)c(C)c1. The first kappa shape index (κ1) is 12.4. The summed E-state index contributed by atoms with van der Waals surface area (Å²) in [5, 5.41) is 0.165. The monoisotopic (exact) mass is 235 g/mol. The van der Waals surface area contributed by atoms with Crippen LogP contribution in [-0.4, -0.2) is 11.2 Å². The summed E-state index contributed by atoms with van der Waals surface area (Å²) < 4.78 is 37.2. The maximum Gasteiger partial charge on any atom is 0.433 e. The molecule has 1 aromatic heterocycles. The molecule has 0 saturated carbocycles. The Balaban J connectivity index is 3.09. The smallest absolute Gasteiger partial charge is 0.251 e. The van der Waals surface area contributed by atoms with Gasteiger partial charge in [0.2, 0.25) is 0 Å². The van der Waals surface area contributed by atoms with Gasteiger partial charge < -0.3 is 0 Å². The molecule has 0 fully saturated rings. The lowest BCUT2D eigenvalue weighted by Crippen LogP contribution is -2.11. The number of halogens is 3. The van der Waals surface area contributed by atoms with Crippen LogP contribution >= 0.6 is 11.8 Å². The second-order valence-corrected chi connectivity index (χ2v) is 4.49. The van der Waals surface area contributed by atoms with Crippen LogP contribution in [0.4, 0.5) is 13.2 Å². The van der Waals surface area contributed by atoms with Gasteiger partial charge in [0, 0.05) is 11.4 Å². The largest absolute Gasteiger partial charge is 0.433 e. The topological polar surface area (TPSA) is 12.9 Å². The Morgan fingerprint density at radius 1 is 1.40 bits per heavy atom. The van der Waals surface area contributed by atoms with Gasteiger partial charge in [0.25, 0.3) is 0 Å². The molecule has 0 aromatic carbocycles. The maximum atomic E-state index is 12.4. The molecule has 0 bridgehead atoms. The first-order valence-corrected chi connectivity index (χ1v) is 5.71. The number of nitrogens with zero attached hydrogens (tertiary/aromatic N) is 1. The van der Waals surface area contributed by atoms with Crippen molar-refractivity contribution in [1.82, 2.24) is 4.98 Å². The molecule has 1 heterocycles. The number of hydrogen-bond donors (Lipinski definition) is 0. The minimum Gasteiger partial charge on any atom is -0.251 e. The molecule has 0 radical (unpaired) electrons. The molecule has 15 heavy (non-hydrogen) atoms. The minimum absolute atomic E-state index is 0.165. The minimum atomic E-state index is -4.36. The second kappa shape index (κ2) is 4.43. The van der Waals surface area contributed by atoms with Crippen LogP contribution in [0, 0.1) is 6.92 Å². The summed E-state index contributed by atoms with van der Waals surface area (Å²) in [4.78, 5) is 3.48. The Kier molecular flexibility index (Phi) is 3.65. The number of rotatable bonds is 2. The standard InChI is InChI=1S/C10H12F3NS/c1-6-4-8(7(2)15-3)5-14-9(6)10(11,12)13/h4-5,7H,1-3H3. The van der Waals surface area contributed by atoms with Gasteiger partial charge in [0.05, 0.1) is 0 Å². The van der Waals surface area contributed by atoms with E-state index in [9.17, 15) is 13.2 Å². The predicted octanol–water partition coefficient (Wildman–Crippen LogP) is 3.83. The van der Waals surface area contributed by atoms with Crippen LogP contribution in [0.15, 0.2) is 12.3 Å². The fraction of sp³-hybridized carbons (Fsp3) is 0.500. The summed E-state index contributed by atoms with van der Waals surface area (Å²) in [5.74, 6) is 0. The third kappa shape index (κ3) is 2.87. The number of aryl methyl sites for hydroxylation is 1. The Morgan fingerprint density at radius 2 is 2.00 bits per heavy atom. The van der Waals surface area contributed by atoms with E-state index in [1.165, 1.54) is 13.1 Å². The molecule has 0 N–H and O–H groups in total. The lowest BCUT2D eigenvalue weighted by Gasteiger charge is -2.13. The van der Waals surface area contributed by atoms with Gasteiger partial charge in [-0.2, -0.15) is 24.9 Å². The van der Waals surface area contributed by atoms with Gasteiger partial charge in [-0.15, -0.1) is 0 Å². The highest BCUT2D eigenvalue weighted by Crippen LogP contribution is 2.32. The van der Waals surface area contributed by atoms with E-state index in [4.69, 9.17) is 0 Å². The Hall–Kier alpha value is -0.710. The van der Waals surface area contributed by atoms with Gasteiger partial charge in [-0.1, -0.05) is 6.07 Å². The lowest BCUT2D eigenvalue weighted by atomic mass is 10.1. The number of thioether (sulfide) groups is 1. The highest BCUT2D eigenvalue weighted by molar-refractivity contribution is 7.98. The molecule has 1 nitrogen and oxygen atoms in total. The third-order valence-corrected chi connectivity index (χ3v) is 3.17. The summed E-state index contributed by atoms with van der Waals surface area (Å²) in [6.07, 6.45) is -1.14. The fourth-order valence-electron chi connectivity index (χ4n) is 1.25. The molecule has 0 saturated heterocycles. The van der Waals surface area contributed by atoms with E-state index < -0.39 is 11.9 Å². The van der Waals surface area contributed by atoms with Crippen molar-refractivity contribution in [3.63, 3.8) is 0 Å². The molecule has 0 aliphatic heterocycles. The van der Waals surface area contributed by atoms with E-state index in [1.807, 2.05) is 13.2 Å². The molecule has 84 valence electrons. The van der Waals surface area contributed by atoms with Crippen LogP contribution in [0.3, 0.4) is 0 Å². The van der Waals surface area contributed by atoms with Crippen molar-refractivity contribution in [3.8, 4) is 0 Å².